The molecule has 1 heterocycles. The quantitative estimate of drug-likeness (QED) is 0.770. The molecule has 5 heteroatoms. The maximum Gasteiger partial charge on any atom is 0.319 e. The van der Waals surface area contributed by atoms with Crippen molar-refractivity contribution in [1.29, 1.82) is 0 Å². The van der Waals surface area contributed by atoms with Crippen LogP contribution in [0.3, 0.4) is 0 Å². The summed E-state index contributed by atoms with van der Waals surface area (Å²) in [6, 6.07) is 14.5. The highest BCUT2D eigenvalue weighted by Gasteiger charge is 2.18. The minimum Gasteiger partial charge on any atom is -0.379 e. The summed E-state index contributed by atoms with van der Waals surface area (Å²) in [4.78, 5) is 14.4. The van der Waals surface area contributed by atoms with Gasteiger partial charge in [-0.05, 0) is 40.8 Å². The van der Waals surface area contributed by atoms with Gasteiger partial charge < -0.3 is 15.4 Å². The molecule has 1 aliphatic heterocycles. The lowest BCUT2D eigenvalue weighted by Crippen LogP contribution is -2.42. The summed E-state index contributed by atoms with van der Waals surface area (Å²) in [6.07, 6.45) is 0.930. The average Bonchev–Trinajstić information content (AvgIpc) is 3.00. The molecule has 0 unspecified atom stereocenters. The lowest BCUT2D eigenvalue weighted by Gasteiger charge is -2.26. The second kappa shape index (κ2) is 7.25. The summed E-state index contributed by atoms with van der Waals surface area (Å²) < 4.78 is 5.32. The SMILES string of the molecule is O=C(NCCN1CCOCC1)Nc1ccc2c(c1)Cc1ccccc1-2. The molecule has 2 N–H and O–H groups in total. The summed E-state index contributed by atoms with van der Waals surface area (Å²) in [5, 5.41) is 5.87. The first kappa shape index (κ1) is 16.1. The first-order valence-electron chi connectivity index (χ1n) is 8.86. The third-order valence-electron chi connectivity index (χ3n) is 4.87. The Kier molecular flexibility index (Phi) is 4.68. The standard InChI is InChI=1S/C20H23N3O2/c24-20(21-7-8-23-9-11-25-12-10-23)22-17-5-6-19-16(14-17)13-15-3-1-2-4-18(15)19/h1-6,14H,7-13H2,(H2,21,22,24). The second-order valence-corrected chi connectivity index (χ2v) is 6.54. The van der Waals surface area contributed by atoms with Crippen molar-refractivity contribution in [2.75, 3.05) is 44.7 Å². The third-order valence-corrected chi connectivity index (χ3v) is 4.87. The Hall–Kier alpha value is -2.37. The number of urea groups is 1. The van der Waals surface area contributed by atoms with Crippen molar-refractivity contribution in [3.8, 4) is 11.1 Å². The van der Waals surface area contributed by atoms with Crippen LogP contribution in [0.5, 0.6) is 0 Å². The fourth-order valence-corrected chi connectivity index (χ4v) is 3.55. The highest BCUT2D eigenvalue weighted by molar-refractivity contribution is 5.90. The van der Waals surface area contributed by atoms with E-state index in [9.17, 15) is 4.79 Å². The first-order valence-corrected chi connectivity index (χ1v) is 8.86. The maximum absolute atomic E-state index is 12.1. The number of carbonyl (C=O) groups excluding carboxylic acids is 1. The molecular formula is C20H23N3O2. The average molecular weight is 337 g/mol. The van der Waals surface area contributed by atoms with Crippen molar-refractivity contribution < 1.29 is 9.53 Å². The summed E-state index contributed by atoms with van der Waals surface area (Å²) in [5.41, 5.74) is 6.04. The molecule has 2 aromatic carbocycles. The number of anilines is 1. The number of morpholine rings is 1. The van der Waals surface area contributed by atoms with Gasteiger partial charge in [-0.1, -0.05) is 30.3 Å². The zero-order valence-electron chi connectivity index (χ0n) is 14.3. The molecule has 0 atom stereocenters. The molecule has 4 rings (SSSR count). The Bertz CT molecular complexity index is 769. The largest absolute Gasteiger partial charge is 0.379 e. The number of ether oxygens (including phenoxy) is 1. The zero-order chi connectivity index (χ0) is 17.1. The number of amides is 2. The van der Waals surface area contributed by atoms with Gasteiger partial charge in [0.15, 0.2) is 0 Å². The lowest BCUT2D eigenvalue weighted by molar-refractivity contribution is 0.0388. The van der Waals surface area contributed by atoms with Crippen molar-refractivity contribution in [1.82, 2.24) is 10.2 Å². The number of nitrogens with zero attached hydrogens (tertiary/aromatic N) is 1. The number of hydrogen-bond acceptors (Lipinski definition) is 3. The van der Waals surface area contributed by atoms with Crippen LogP contribution < -0.4 is 10.6 Å². The molecule has 5 nitrogen and oxygen atoms in total. The zero-order valence-corrected chi connectivity index (χ0v) is 14.3. The lowest BCUT2D eigenvalue weighted by atomic mass is 10.1. The number of rotatable bonds is 4. The monoisotopic (exact) mass is 337 g/mol. The van der Waals surface area contributed by atoms with Gasteiger partial charge in [0.2, 0.25) is 0 Å². The van der Waals surface area contributed by atoms with Crippen molar-refractivity contribution in [2.45, 2.75) is 6.42 Å². The van der Waals surface area contributed by atoms with E-state index in [1.54, 1.807) is 0 Å². The van der Waals surface area contributed by atoms with E-state index in [1.807, 2.05) is 6.07 Å². The minimum absolute atomic E-state index is 0.149. The van der Waals surface area contributed by atoms with Gasteiger partial charge in [0, 0.05) is 31.9 Å². The van der Waals surface area contributed by atoms with Crippen LogP contribution in [0, 0.1) is 0 Å². The molecule has 2 aromatic rings. The Morgan fingerprint density at radius 2 is 1.84 bits per heavy atom. The predicted octanol–water partition coefficient (Wildman–Crippen LogP) is 2.71. The van der Waals surface area contributed by atoms with Crippen LogP contribution in [0.25, 0.3) is 11.1 Å². The molecule has 0 radical (unpaired) electrons. The number of hydrogen-bond donors (Lipinski definition) is 2. The second-order valence-electron chi connectivity index (χ2n) is 6.54. The van der Waals surface area contributed by atoms with Gasteiger partial charge in [0.1, 0.15) is 0 Å². The van der Waals surface area contributed by atoms with Crippen LogP contribution in [0.1, 0.15) is 11.1 Å². The molecule has 25 heavy (non-hydrogen) atoms. The molecule has 130 valence electrons. The molecule has 1 fully saturated rings. The van der Waals surface area contributed by atoms with Crippen molar-refractivity contribution in [3.63, 3.8) is 0 Å². The Labute approximate surface area is 148 Å². The summed E-state index contributed by atoms with van der Waals surface area (Å²) in [6.45, 7) is 4.94. The van der Waals surface area contributed by atoms with Gasteiger partial charge in [-0.25, -0.2) is 4.79 Å². The van der Waals surface area contributed by atoms with Crippen molar-refractivity contribution in [2.24, 2.45) is 0 Å². The maximum atomic E-state index is 12.1. The Balaban J connectivity index is 1.31. The molecule has 1 saturated heterocycles. The van der Waals surface area contributed by atoms with Crippen LogP contribution in [-0.4, -0.2) is 50.3 Å². The Morgan fingerprint density at radius 3 is 2.72 bits per heavy atom. The van der Waals surface area contributed by atoms with Crippen molar-refractivity contribution >= 4 is 11.7 Å². The molecule has 0 saturated carbocycles. The van der Waals surface area contributed by atoms with Crippen LogP contribution in [0.15, 0.2) is 42.5 Å². The van der Waals surface area contributed by atoms with E-state index >= 15 is 0 Å². The van der Waals surface area contributed by atoms with Crippen molar-refractivity contribution in [3.05, 3.63) is 53.6 Å². The summed E-state index contributed by atoms with van der Waals surface area (Å²) in [5.74, 6) is 0. The Morgan fingerprint density at radius 1 is 1.04 bits per heavy atom. The number of nitrogens with one attached hydrogen (secondary N) is 2. The van der Waals surface area contributed by atoms with Gasteiger partial charge in [-0.3, -0.25) is 4.90 Å². The summed E-state index contributed by atoms with van der Waals surface area (Å²) >= 11 is 0. The van der Waals surface area contributed by atoms with Gasteiger partial charge in [0.25, 0.3) is 0 Å². The van der Waals surface area contributed by atoms with E-state index in [1.165, 1.54) is 22.3 Å². The van der Waals surface area contributed by atoms with Gasteiger partial charge in [0.05, 0.1) is 13.2 Å². The van der Waals surface area contributed by atoms with E-state index in [0.717, 1.165) is 45.0 Å². The third kappa shape index (κ3) is 3.67. The van der Waals surface area contributed by atoms with Crippen LogP contribution in [0.4, 0.5) is 10.5 Å². The molecule has 0 aromatic heterocycles. The normalized spacial score (nSPS) is 16.2. The number of fused-ring (bicyclic) bond motifs is 3. The molecule has 2 amide bonds. The van der Waals surface area contributed by atoms with E-state index in [4.69, 9.17) is 4.74 Å². The van der Waals surface area contributed by atoms with Crippen LogP contribution in [-0.2, 0) is 11.2 Å². The molecule has 0 bridgehead atoms. The van der Waals surface area contributed by atoms with E-state index in [-0.39, 0.29) is 6.03 Å². The van der Waals surface area contributed by atoms with Gasteiger partial charge >= 0.3 is 6.03 Å². The van der Waals surface area contributed by atoms with E-state index in [2.05, 4.69) is 51.9 Å². The number of carbonyl (C=O) groups is 1. The highest BCUT2D eigenvalue weighted by Crippen LogP contribution is 2.37. The van der Waals surface area contributed by atoms with Gasteiger partial charge in [-0.2, -0.15) is 0 Å². The van der Waals surface area contributed by atoms with Crippen LogP contribution >= 0.6 is 0 Å². The molecule has 0 spiro atoms. The topological polar surface area (TPSA) is 53.6 Å². The molecule has 1 aliphatic carbocycles. The van der Waals surface area contributed by atoms with Gasteiger partial charge in [-0.15, -0.1) is 0 Å². The van der Waals surface area contributed by atoms with Crippen LogP contribution in [0.2, 0.25) is 0 Å². The van der Waals surface area contributed by atoms with E-state index in [0.29, 0.717) is 6.54 Å². The fourth-order valence-electron chi connectivity index (χ4n) is 3.55. The fraction of sp³-hybridized carbons (Fsp3) is 0.350. The summed E-state index contributed by atoms with van der Waals surface area (Å²) in [7, 11) is 0. The smallest absolute Gasteiger partial charge is 0.319 e. The highest BCUT2D eigenvalue weighted by atomic mass is 16.5. The first-order chi connectivity index (χ1) is 12.3. The molecular weight excluding hydrogens is 314 g/mol. The molecule has 2 aliphatic rings. The minimum atomic E-state index is -0.149. The predicted molar refractivity (Wildman–Crippen MR) is 99.0 cm³/mol. The van der Waals surface area contributed by atoms with E-state index < -0.39 is 0 Å². The number of benzene rings is 2.